The molecule has 0 aromatic carbocycles. The molecule has 3 heteroatoms. The van der Waals surface area contributed by atoms with Gasteiger partial charge in [-0.2, -0.15) is 0 Å². The second-order valence-electron chi connectivity index (χ2n) is 3.11. The summed E-state index contributed by atoms with van der Waals surface area (Å²) in [4.78, 5) is 3.93. The maximum Gasteiger partial charge on any atom is 0.0431 e. The molecule has 1 heterocycles. The standard InChI is InChI=1S/C10H16N2O/c11-10(3-1-2-8-13)9-4-6-12-7-5-9/h4-7,10,13H,1-3,8,11H2/t10-/m1/s1. The number of hydrogen-bond acceptors (Lipinski definition) is 3. The van der Waals surface area contributed by atoms with Crippen LogP contribution in [0.25, 0.3) is 0 Å². The van der Waals surface area contributed by atoms with Crippen molar-refractivity contribution in [3.8, 4) is 0 Å². The summed E-state index contributed by atoms with van der Waals surface area (Å²) in [6, 6.07) is 3.95. The highest BCUT2D eigenvalue weighted by atomic mass is 16.2. The van der Waals surface area contributed by atoms with Crippen molar-refractivity contribution in [2.75, 3.05) is 6.61 Å². The van der Waals surface area contributed by atoms with E-state index in [0.717, 1.165) is 24.8 Å². The van der Waals surface area contributed by atoms with E-state index in [0.29, 0.717) is 0 Å². The molecular weight excluding hydrogens is 164 g/mol. The van der Waals surface area contributed by atoms with Gasteiger partial charge in [-0.05, 0) is 37.0 Å². The zero-order valence-electron chi connectivity index (χ0n) is 7.69. The maximum absolute atomic E-state index is 8.60. The average molecular weight is 180 g/mol. The number of rotatable bonds is 5. The van der Waals surface area contributed by atoms with Gasteiger partial charge in [-0.3, -0.25) is 4.98 Å². The van der Waals surface area contributed by atoms with Gasteiger partial charge in [0.1, 0.15) is 0 Å². The smallest absolute Gasteiger partial charge is 0.0431 e. The molecule has 0 unspecified atom stereocenters. The maximum atomic E-state index is 8.60. The first-order chi connectivity index (χ1) is 6.34. The van der Waals surface area contributed by atoms with Crippen LogP contribution < -0.4 is 5.73 Å². The Morgan fingerprint density at radius 2 is 2.00 bits per heavy atom. The van der Waals surface area contributed by atoms with Gasteiger partial charge >= 0.3 is 0 Å². The van der Waals surface area contributed by atoms with Gasteiger partial charge in [-0.15, -0.1) is 0 Å². The lowest BCUT2D eigenvalue weighted by Crippen LogP contribution is -2.10. The second kappa shape index (κ2) is 5.67. The first-order valence-electron chi connectivity index (χ1n) is 4.61. The van der Waals surface area contributed by atoms with Crippen LogP contribution >= 0.6 is 0 Å². The quantitative estimate of drug-likeness (QED) is 0.670. The number of pyridine rings is 1. The van der Waals surface area contributed by atoms with Gasteiger partial charge in [0.15, 0.2) is 0 Å². The lowest BCUT2D eigenvalue weighted by atomic mass is 10.0. The highest BCUT2D eigenvalue weighted by Gasteiger charge is 2.03. The molecule has 0 bridgehead atoms. The Kier molecular flexibility index (Phi) is 4.43. The Labute approximate surface area is 78.6 Å². The van der Waals surface area contributed by atoms with Crippen LogP contribution in [0.1, 0.15) is 30.9 Å². The Morgan fingerprint density at radius 3 is 2.62 bits per heavy atom. The number of aliphatic hydroxyl groups excluding tert-OH is 1. The molecule has 0 aliphatic rings. The van der Waals surface area contributed by atoms with E-state index in [2.05, 4.69) is 4.98 Å². The zero-order chi connectivity index (χ0) is 9.52. The highest BCUT2D eigenvalue weighted by molar-refractivity contribution is 5.13. The van der Waals surface area contributed by atoms with Crippen molar-refractivity contribution >= 4 is 0 Å². The first-order valence-corrected chi connectivity index (χ1v) is 4.61. The van der Waals surface area contributed by atoms with Crippen molar-refractivity contribution in [1.82, 2.24) is 4.98 Å². The third-order valence-corrected chi connectivity index (χ3v) is 2.06. The minimum absolute atomic E-state index is 0.0783. The number of aromatic nitrogens is 1. The van der Waals surface area contributed by atoms with E-state index >= 15 is 0 Å². The van der Waals surface area contributed by atoms with Crippen LogP contribution in [0.15, 0.2) is 24.5 Å². The highest BCUT2D eigenvalue weighted by Crippen LogP contribution is 2.14. The predicted octanol–water partition coefficient (Wildman–Crippen LogP) is 1.24. The third kappa shape index (κ3) is 3.53. The van der Waals surface area contributed by atoms with Crippen molar-refractivity contribution in [1.29, 1.82) is 0 Å². The Hall–Kier alpha value is -0.930. The summed E-state index contributed by atoms with van der Waals surface area (Å²) >= 11 is 0. The minimum Gasteiger partial charge on any atom is -0.396 e. The predicted molar refractivity (Wildman–Crippen MR) is 52.1 cm³/mol. The molecule has 72 valence electrons. The fourth-order valence-electron chi connectivity index (χ4n) is 1.25. The molecule has 1 rings (SSSR count). The van der Waals surface area contributed by atoms with E-state index < -0.39 is 0 Å². The first kappa shape index (κ1) is 10.2. The van der Waals surface area contributed by atoms with Crippen LogP contribution in [0.3, 0.4) is 0 Å². The molecule has 1 atom stereocenters. The van der Waals surface area contributed by atoms with E-state index in [1.807, 2.05) is 12.1 Å². The Balaban J connectivity index is 2.35. The second-order valence-corrected chi connectivity index (χ2v) is 3.11. The fraction of sp³-hybridized carbons (Fsp3) is 0.500. The minimum atomic E-state index is 0.0783. The molecule has 0 saturated heterocycles. The number of nitrogens with two attached hydrogens (primary N) is 1. The summed E-state index contributed by atoms with van der Waals surface area (Å²) in [5, 5.41) is 8.60. The molecule has 0 saturated carbocycles. The molecule has 1 aromatic heterocycles. The molecular formula is C10H16N2O. The van der Waals surface area contributed by atoms with Crippen LogP contribution in [0.2, 0.25) is 0 Å². The molecule has 1 aromatic rings. The van der Waals surface area contributed by atoms with Gasteiger partial charge < -0.3 is 10.8 Å². The number of unbranched alkanes of at least 4 members (excludes halogenated alkanes) is 1. The zero-order valence-corrected chi connectivity index (χ0v) is 7.69. The van der Waals surface area contributed by atoms with Crippen LogP contribution in [0, 0.1) is 0 Å². The summed E-state index contributed by atoms with van der Waals surface area (Å²) in [5.74, 6) is 0. The Bertz CT molecular complexity index is 226. The van der Waals surface area contributed by atoms with Gasteiger partial charge in [-0.25, -0.2) is 0 Å². The van der Waals surface area contributed by atoms with E-state index in [4.69, 9.17) is 10.8 Å². The average Bonchev–Trinajstić information content (AvgIpc) is 2.19. The van der Waals surface area contributed by atoms with Crippen molar-refractivity contribution < 1.29 is 5.11 Å². The Morgan fingerprint density at radius 1 is 1.31 bits per heavy atom. The number of aliphatic hydroxyl groups is 1. The van der Waals surface area contributed by atoms with Gasteiger partial charge in [0.25, 0.3) is 0 Å². The lowest BCUT2D eigenvalue weighted by Gasteiger charge is -2.10. The molecule has 3 nitrogen and oxygen atoms in total. The fourth-order valence-corrected chi connectivity index (χ4v) is 1.25. The van der Waals surface area contributed by atoms with E-state index in [9.17, 15) is 0 Å². The SMILES string of the molecule is N[C@H](CCCCO)c1ccncc1. The molecule has 3 N–H and O–H groups in total. The molecule has 0 fully saturated rings. The normalized spacial score (nSPS) is 12.8. The van der Waals surface area contributed by atoms with Gasteiger partial charge in [-0.1, -0.05) is 0 Å². The van der Waals surface area contributed by atoms with Crippen LogP contribution in [-0.4, -0.2) is 16.7 Å². The third-order valence-electron chi connectivity index (χ3n) is 2.06. The number of hydrogen-bond donors (Lipinski definition) is 2. The summed E-state index contributed by atoms with van der Waals surface area (Å²) in [6.45, 7) is 0.253. The largest absolute Gasteiger partial charge is 0.396 e. The van der Waals surface area contributed by atoms with Gasteiger partial charge in [0.05, 0.1) is 0 Å². The van der Waals surface area contributed by atoms with Crippen LogP contribution in [0.5, 0.6) is 0 Å². The number of nitrogens with zero attached hydrogens (tertiary/aromatic N) is 1. The molecule has 13 heavy (non-hydrogen) atoms. The van der Waals surface area contributed by atoms with Gasteiger partial charge in [0, 0.05) is 25.0 Å². The van der Waals surface area contributed by atoms with Gasteiger partial charge in [0.2, 0.25) is 0 Å². The summed E-state index contributed by atoms with van der Waals surface area (Å²) in [5.41, 5.74) is 7.04. The van der Waals surface area contributed by atoms with Crippen molar-refractivity contribution in [3.05, 3.63) is 30.1 Å². The summed E-state index contributed by atoms with van der Waals surface area (Å²) in [7, 11) is 0. The topological polar surface area (TPSA) is 59.1 Å². The molecule has 0 aliphatic carbocycles. The molecule has 0 aliphatic heterocycles. The monoisotopic (exact) mass is 180 g/mol. The van der Waals surface area contributed by atoms with Crippen LogP contribution in [-0.2, 0) is 0 Å². The van der Waals surface area contributed by atoms with Crippen molar-refractivity contribution in [2.45, 2.75) is 25.3 Å². The van der Waals surface area contributed by atoms with E-state index in [1.165, 1.54) is 0 Å². The van der Waals surface area contributed by atoms with E-state index in [-0.39, 0.29) is 12.6 Å². The molecule has 0 spiro atoms. The van der Waals surface area contributed by atoms with Crippen molar-refractivity contribution in [2.24, 2.45) is 5.73 Å². The summed E-state index contributed by atoms with van der Waals surface area (Å²) < 4.78 is 0. The summed E-state index contributed by atoms with van der Waals surface area (Å²) in [6.07, 6.45) is 6.23. The molecule has 0 radical (unpaired) electrons. The van der Waals surface area contributed by atoms with E-state index in [1.54, 1.807) is 12.4 Å². The lowest BCUT2D eigenvalue weighted by molar-refractivity contribution is 0.281. The van der Waals surface area contributed by atoms with Crippen molar-refractivity contribution in [3.63, 3.8) is 0 Å². The molecule has 0 amide bonds. The van der Waals surface area contributed by atoms with Crippen LogP contribution in [0.4, 0.5) is 0 Å².